The van der Waals surface area contributed by atoms with Crippen molar-refractivity contribution in [2.24, 2.45) is 0 Å². The second kappa shape index (κ2) is 5.66. The summed E-state index contributed by atoms with van der Waals surface area (Å²) in [6.07, 6.45) is 2.52. The van der Waals surface area contributed by atoms with Crippen LogP contribution in [0.4, 0.5) is 5.95 Å². The van der Waals surface area contributed by atoms with Crippen LogP contribution in [0.3, 0.4) is 0 Å². The van der Waals surface area contributed by atoms with Crippen LogP contribution in [0.1, 0.15) is 26.0 Å². The van der Waals surface area contributed by atoms with Crippen molar-refractivity contribution in [3.8, 4) is 0 Å². The zero-order valence-corrected chi connectivity index (χ0v) is 9.64. The number of anilines is 1. The first-order valence-electron chi connectivity index (χ1n) is 5.32. The minimum Gasteiger partial charge on any atom is -0.396 e. The molecule has 0 atom stereocenters. The third-order valence-electron chi connectivity index (χ3n) is 2.22. The lowest BCUT2D eigenvalue weighted by molar-refractivity contribution is 0.288. The minimum absolute atomic E-state index is 0.203. The van der Waals surface area contributed by atoms with E-state index in [1.54, 1.807) is 6.20 Å². The van der Waals surface area contributed by atoms with Gasteiger partial charge in [-0.1, -0.05) is 0 Å². The highest BCUT2D eigenvalue weighted by Crippen LogP contribution is 2.11. The Morgan fingerprint density at radius 2 is 2.20 bits per heavy atom. The number of aryl methyl sites for hydroxylation is 1. The first-order valence-corrected chi connectivity index (χ1v) is 5.32. The highest BCUT2D eigenvalue weighted by molar-refractivity contribution is 5.31. The summed E-state index contributed by atoms with van der Waals surface area (Å²) in [6, 6.07) is 2.23. The van der Waals surface area contributed by atoms with Crippen LogP contribution in [-0.2, 0) is 0 Å². The van der Waals surface area contributed by atoms with E-state index in [2.05, 4.69) is 28.7 Å². The molecule has 1 heterocycles. The minimum atomic E-state index is 0.203. The van der Waals surface area contributed by atoms with Gasteiger partial charge in [0, 0.05) is 31.1 Å². The van der Waals surface area contributed by atoms with Crippen LogP contribution in [0.15, 0.2) is 12.3 Å². The Balaban J connectivity index is 2.79. The topological polar surface area (TPSA) is 49.2 Å². The summed E-state index contributed by atoms with van der Waals surface area (Å²) in [5.74, 6) is 0.749. The molecule has 0 radical (unpaired) electrons. The molecule has 0 saturated carbocycles. The Hall–Kier alpha value is -1.16. The predicted molar refractivity (Wildman–Crippen MR) is 61.0 cm³/mol. The van der Waals surface area contributed by atoms with Crippen molar-refractivity contribution in [2.75, 3.05) is 18.1 Å². The van der Waals surface area contributed by atoms with Gasteiger partial charge in [0.15, 0.2) is 0 Å². The normalized spacial score (nSPS) is 10.7. The number of rotatable bonds is 5. The summed E-state index contributed by atoms with van der Waals surface area (Å²) in [4.78, 5) is 10.7. The molecule has 1 rings (SSSR count). The number of aromatic nitrogens is 2. The fourth-order valence-electron chi connectivity index (χ4n) is 1.40. The maximum atomic E-state index is 8.83. The Morgan fingerprint density at radius 1 is 1.47 bits per heavy atom. The summed E-state index contributed by atoms with van der Waals surface area (Å²) in [6.45, 7) is 7.15. The first-order chi connectivity index (χ1) is 7.15. The molecule has 4 heteroatoms. The molecular formula is C11H19N3O. The Morgan fingerprint density at radius 3 is 2.73 bits per heavy atom. The van der Waals surface area contributed by atoms with Gasteiger partial charge in [-0.3, -0.25) is 0 Å². The van der Waals surface area contributed by atoms with Gasteiger partial charge >= 0.3 is 0 Å². The lowest BCUT2D eigenvalue weighted by atomic mass is 10.3. The van der Waals surface area contributed by atoms with E-state index in [9.17, 15) is 0 Å². The van der Waals surface area contributed by atoms with Crippen LogP contribution in [0, 0.1) is 6.92 Å². The second-order valence-corrected chi connectivity index (χ2v) is 3.86. The van der Waals surface area contributed by atoms with Crippen LogP contribution in [0.5, 0.6) is 0 Å². The van der Waals surface area contributed by atoms with E-state index in [0.717, 1.165) is 24.6 Å². The van der Waals surface area contributed by atoms with Crippen molar-refractivity contribution in [3.63, 3.8) is 0 Å². The molecule has 0 amide bonds. The average Bonchev–Trinajstić information content (AvgIpc) is 2.18. The smallest absolute Gasteiger partial charge is 0.225 e. The van der Waals surface area contributed by atoms with Crippen LogP contribution in [0.2, 0.25) is 0 Å². The van der Waals surface area contributed by atoms with Gasteiger partial charge in [0.25, 0.3) is 0 Å². The van der Waals surface area contributed by atoms with E-state index in [4.69, 9.17) is 5.11 Å². The van der Waals surface area contributed by atoms with Crippen LogP contribution in [-0.4, -0.2) is 34.3 Å². The molecule has 1 aromatic rings. The fourth-order valence-corrected chi connectivity index (χ4v) is 1.40. The summed E-state index contributed by atoms with van der Waals surface area (Å²) in [5.41, 5.74) is 0.967. The SMILES string of the molecule is Cc1ccnc(N(CCCO)C(C)C)n1. The van der Waals surface area contributed by atoms with E-state index < -0.39 is 0 Å². The quantitative estimate of drug-likeness (QED) is 0.796. The zero-order chi connectivity index (χ0) is 11.3. The molecule has 15 heavy (non-hydrogen) atoms. The monoisotopic (exact) mass is 209 g/mol. The van der Waals surface area contributed by atoms with Crippen molar-refractivity contribution in [2.45, 2.75) is 33.2 Å². The lowest BCUT2D eigenvalue weighted by Gasteiger charge is -2.26. The lowest BCUT2D eigenvalue weighted by Crippen LogP contribution is -2.33. The van der Waals surface area contributed by atoms with Crippen molar-refractivity contribution in [1.29, 1.82) is 0 Å². The second-order valence-electron chi connectivity index (χ2n) is 3.86. The van der Waals surface area contributed by atoms with Gasteiger partial charge in [-0.15, -0.1) is 0 Å². The van der Waals surface area contributed by atoms with Gasteiger partial charge in [0.05, 0.1) is 0 Å². The van der Waals surface area contributed by atoms with Crippen LogP contribution >= 0.6 is 0 Å². The summed E-state index contributed by atoms with van der Waals surface area (Å²) in [7, 11) is 0. The molecule has 0 bridgehead atoms. The highest BCUT2D eigenvalue weighted by Gasteiger charge is 2.12. The van der Waals surface area contributed by atoms with Crippen molar-refractivity contribution < 1.29 is 5.11 Å². The van der Waals surface area contributed by atoms with E-state index in [0.29, 0.717) is 6.04 Å². The van der Waals surface area contributed by atoms with Crippen molar-refractivity contribution in [1.82, 2.24) is 9.97 Å². The summed E-state index contributed by atoms with van der Waals surface area (Å²) in [5, 5.41) is 8.83. The summed E-state index contributed by atoms with van der Waals surface area (Å²) >= 11 is 0. The molecule has 0 aromatic carbocycles. The third-order valence-corrected chi connectivity index (χ3v) is 2.22. The molecule has 1 N–H and O–H groups in total. The fraction of sp³-hybridized carbons (Fsp3) is 0.636. The Labute approximate surface area is 91.0 Å². The number of nitrogens with zero attached hydrogens (tertiary/aromatic N) is 3. The molecule has 4 nitrogen and oxygen atoms in total. The van der Waals surface area contributed by atoms with E-state index in [-0.39, 0.29) is 6.61 Å². The highest BCUT2D eigenvalue weighted by atomic mass is 16.3. The molecule has 0 unspecified atom stereocenters. The number of hydrogen-bond donors (Lipinski definition) is 1. The van der Waals surface area contributed by atoms with Crippen molar-refractivity contribution in [3.05, 3.63) is 18.0 Å². The molecule has 0 aliphatic heterocycles. The number of aliphatic hydroxyl groups is 1. The Kier molecular flexibility index (Phi) is 4.49. The van der Waals surface area contributed by atoms with E-state index >= 15 is 0 Å². The molecule has 0 saturated heterocycles. The van der Waals surface area contributed by atoms with Crippen molar-refractivity contribution >= 4 is 5.95 Å². The predicted octanol–water partition coefficient (Wildman–Crippen LogP) is 1.38. The molecule has 0 fully saturated rings. The molecule has 1 aromatic heterocycles. The molecule has 0 aliphatic carbocycles. The third kappa shape index (κ3) is 3.47. The van der Waals surface area contributed by atoms with Gasteiger partial charge < -0.3 is 10.0 Å². The molecule has 84 valence electrons. The number of hydrogen-bond acceptors (Lipinski definition) is 4. The first kappa shape index (κ1) is 11.9. The van der Waals surface area contributed by atoms with Gasteiger partial charge in [-0.05, 0) is 33.3 Å². The molecular weight excluding hydrogens is 190 g/mol. The van der Waals surface area contributed by atoms with E-state index in [1.807, 2.05) is 13.0 Å². The van der Waals surface area contributed by atoms with Gasteiger partial charge in [0.2, 0.25) is 5.95 Å². The van der Waals surface area contributed by atoms with E-state index in [1.165, 1.54) is 0 Å². The molecule has 0 aliphatic rings. The van der Waals surface area contributed by atoms with Crippen LogP contribution < -0.4 is 4.90 Å². The van der Waals surface area contributed by atoms with Gasteiger partial charge in [0.1, 0.15) is 0 Å². The Bertz CT molecular complexity index is 302. The largest absolute Gasteiger partial charge is 0.396 e. The maximum absolute atomic E-state index is 8.83. The summed E-state index contributed by atoms with van der Waals surface area (Å²) < 4.78 is 0. The van der Waals surface area contributed by atoms with Crippen LogP contribution in [0.25, 0.3) is 0 Å². The molecule has 0 spiro atoms. The standard InChI is InChI=1S/C11H19N3O/c1-9(2)14(7-4-8-15)11-12-6-5-10(3)13-11/h5-6,9,15H,4,7-8H2,1-3H3. The van der Waals surface area contributed by atoms with Gasteiger partial charge in [-0.25, -0.2) is 9.97 Å². The zero-order valence-electron chi connectivity index (χ0n) is 9.64. The number of aliphatic hydroxyl groups excluding tert-OH is 1. The van der Waals surface area contributed by atoms with Gasteiger partial charge in [-0.2, -0.15) is 0 Å². The maximum Gasteiger partial charge on any atom is 0.225 e. The average molecular weight is 209 g/mol.